The molecule has 1 aromatic rings. The first-order valence-electron chi connectivity index (χ1n) is 7.03. The van der Waals surface area contributed by atoms with Crippen LogP contribution in [0.4, 0.5) is 4.79 Å². The van der Waals surface area contributed by atoms with Crippen LogP contribution in [0.3, 0.4) is 0 Å². The van der Waals surface area contributed by atoms with Crippen molar-refractivity contribution in [2.75, 3.05) is 33.2 Å². The van der Waals surface area contributed by atoms with Crippen LogP contribution in [0.1, 0.15) is 18.1 Å². The van der Waals surface area contributed by atoms with E-state index in [1.807, 2.05) is 37.4 Å². The van der Waals surface area contributed by atoms with E-state index in [-0.39, 0.29) is 12.3 Å². The Hall–Kier alpha value is -2.08. The van der Waals surface area contributed by atoms with Gasteiger partial charge in [-0.15, -0.1) is 0 Å². The van der Waals surface area contributed by atoms with Gasteiger partial charge in [0.05, 0.1) is 6.42 Å². The number of benzene rings is 1. The van der Waals surface area contributed by atoms with Gasteiger partial charge in [0.2, 0.25) is 5.91 Å². The van der Waals surface area contributed by atoms with Gasteiger partial charge in [-0.3, -0.25) is 4.79 Å². The summed E-state index contributed by atoms with van der Waals surface area (Å²) in [5.74, 6) is -0.0156. The molecule has 0 aliphatic carbocycles. The molecule has 1 saturated heterocycles. The monoisotopic (exact) mass is 291 g/mol. The average molecular weight is 291 g/mol. The Balaban J connectivity index is 2.01. The minimum Gasteiger partial charge on any atom is -0.441 e. The molecule has 0 radical (unpaired) electrons. The zero-order chi connectivity index (χ0) is 15.2. The van der Waals surface area contributed by atoms with Crippen molar-refractivity contribution in [2.24, 2.45) is 5.73 Å². The molecule has 0 aromatic heterocycles. The Morgan fingerprint density at radius 3 is 2.38 bits per heavy atom. The summed E-state index contributed by atoms with van der Waals surface area (Å²) in [7, 11) is 2.03. The van der Waals surface area contributed by atoms with E-state index in [0.29, 0.717) is 13.1 Å². The van der Waals surface area contributed by atoms with Gasteiger partial charge in [-0.1, -0.05) is 30.3 Å². The predicted octanol–water partition coefficient (Wildman–Crippen LogP) is 0.987. The third kappa shape index (κ3) is 4.46. The average Bonchev–Trinajstić information content (AvgIpc) is 2.47. The zero-order valence-electron chi connectivity index (χ0n) is 12.2. The summed E-state index contributed by atoms with van der Waals surface area (Å²) in [6, 6.07) is 9.20. The van der Waals surface area contributed by atoms with Crippen molar-refractivity contribution in [3.05, 3.63) is 35.9 Å². The molecule has 114 valence electrons. The third-order valence-corrected chi connectivity index (χ3v) is 3.65. The van der Waals surface area contributed by atoms with Crippen molar-refractivity contribution in [3.63, 3.8) is 0 Å². The normalized spacial score (nSPS) is 17.3. The number of primary amides is 1. The quantitative estimate of drug-likeness (QED) is 0.897. The second-order valence-electron chi connectivity index (χ2n) is 5.22. The van der Waals surface area contributed by atoms with Gasteiger partial charge in [0.25, 0.3) is 0 Å². The van der Waals surface area contributed by atoms with Crippen LogP contribution >= 0.6 is 0 Å². The minimum absolute atomic E-state index is 0.0156. The topological polar surface area (TPSA) is 75.9 Å². The smallest absolute Gasteiger partial charge is 0.405 e. The molecule has 0 saturated carbocycles. The van der Waals surface area contributed by atoms with Crippen LogP contribution in [0.5, 0.6) is 0 Å². The van der Waals surface area contributed by atoms with E-state index in [2.05, 4.69) is 4.90 Å². The molecule has 1 unspecified atom stereocenters. The molecular formula is C15H21N3O3. The summed E-state index contributed by atoms with van der Waals surface area (Å²) in [6.07, 6.45) is -1.37. The SMILES string of the molecule is CN1CCN(C(=O)CC(OC(N)=O)c2ccccc2)CC1. The predicted molar refractivity (Wildman–Crippen MR) is 78.5 cm³/mol. The molecule has 1 atom stereocenters. The molecule has 6 heteroatoms. The highest BCUT2D eigenvalue weighted by molar-refractivity contribution is 5.77. The van der Waals surface area contributed by atoms with E-state index in [9.17, 15) is 9.59 Å². The Labute approximate surface area is 124 Å². The number of rotatable bonds is 4. The number of carbonyl (C=O) groups is 2. The lowest BCUT2D eigenvalue weighted by atomic mass is 10.1. The molecule has 0 bridgehead atoms. The first kappa shape index (κ1) is 15.3. The van der Waals surface area contributed by atoms with Gasteiger partial charge in [0.1, 0.15) is 6.10 Å². The van der Waals surface area contributed by atoms with Crippen LogP contribution in [-0.4, -0.2) is 55.0 Å². The van der Waals surface area contributed by atoms with Gasteiger partial charge in [-0.05, 0) is 12.6 Å². The van der Waals surface area contributed by atoms with Gasteiger partial charge in [0.15, 0.2) is 0 Å². The fraction of sp³-hybridized carbons (Fsp3) is 0.467. The Morgan fingerprint density at radius 2 is 1.81 bits per heavy atom. The molecule has 1 aromatic carbocycles. The fourth-order valence-electron chi connectivity index (χ4n) is 2.38. The highest BCUT2D eigenvalue weighted by Crippen LogP contribution is 2.22. The van der Waals surface area contributed by atoms with E-state index < -0.39 is 12.2 Å². The molecule has 21 heavy (non-hydrogen) atoms. The number of amides is 2. The molecule has 2 rings (SSSR count). The first-order valence-corrected chi connectivity index (χ1v) is 7.03. The van der Waals surface area contributed by atoms with Gasteiger partial charge < -0.3 is 20.3 Å². The molecule has 0 spiro atoms. The Morgan fingerprint density at radius 1 is 1.19 bits per heavy atom. The van der Waals surface area contributed by atoms with Crippen LogP contribution < -0.4 is 5.73 Å². The van der Waals surface area contributed by atoms with E-state index in [1.165, 1.54) is 0 Å². The van der Waals surface area contributed by atoms with Crippen molar-refractivity contribution >= 4 is 12.0 Å². The summed E-state index contributed by atoms with van der Waals surface area (Å²) in [6.45, 7) is 3.12. The van der Waals surface area contributed by atoms with Gasteiger partial charge in [-0.2, -0.15) is 0 Å². The number of hydrogen-bond donors (Lipinski definition) is 1. The van der Waals surface area contributed by atoms with Crippen LogP contribution in [0.25, 0.3) is 0 Å². The van der Waals surface area contributed by atoms with Crippen LogP contribution in [0.2, 0.25) is 0 Å². The lowest BCUT2D eigenvalue weighted by molar-refractivity contribution is -0.134. The van der Waals surface area contributed by atoms with E-state index >= 15 is 0 Å². The van der Waals surface area contributed by atoms with Crippen molar-refractivity contribution in [2.45, 2.75) is 12.5 Å². The van der Waals surface area contributed by atoms with Gasteiger partial charge in [-0.25, -0.2) is 4.79 Å². The Kier molecular flexibility index (Phi) is 5.16. The molecule has 2 N–H and O–H groups in total. The molecule has 1 aliphatic heterocycles. The standard InChI is InChI=1S/C15H21N3O3/c1-17-7-9-18(10-8-17)14(19)11-13(21-15(16)20)12-5-3-2-4-6-12/h2-6,13H,7-11H2,1H3,(H2,16,20). The number of carbonyl (C=O) groups excluding carboxylic acids is 2. The van der Waals surface area contributed by atoms with Crippen molar-refractivity contribution in [1.29, 1.82) is 0 Å². The molecule has 1 aliphatic rings. The van der Waals surface area contributed by atoms with E-state index in [4.69, 9.17) is 10.5 Å². The van der Waals surface area contributed by atoms with E-state index in [1.54, 1.807) is 4.90 Å². The molecule has 6 nitrogen and oxygen atoms in total. The number of ether oxygens (including phenoxy) is 1. The highest BCUT2D eigenvalue weighted by atomic mass is 16.6. The first-order chi connectivity index (χ1) is 10.1. The number of nitrogens with zero attached hydrogens (tertiary/aromatic N) is 2. The van der Waals surface area contributed by atoms with Gasteiger partial charge in [0, 0.05) is 26.2 Å². The number of likely N-dealkylation sites (N-methyl/N-ethyl adjacent to an activating group) is 1. The van der Waals surface area contributed by atoms with Crippen LogP contribution in [-0.2, 0) is 9.53 Å². The summed E-state index contributed by atoms with van der Waals surface area (Å²) >= 11 is 0. The second-order valence-corrected chi connectivity index (χ2v) is 5.22. The zero-order valence-corrected chi connectivity index (χ0v) is 12.2. The van der Waals surface area contributed by atoms with Gasteiger partial charge >= 0.3 is 6.09 Å². The third-order valence-electron chi connectivity index (χ3n) is 3.65. The molecular weight excluding hydrogens is 270 g/mol. The van der Waals surface area contributed by atoms with Crippen molar-refractivity contribution in [1.82, 2.24) is 9.80 Å². The largest absolute Gasteiger partial charge is 0.441 e. The maximum Gasteiger partial charge on any atom is 0.405 e. The summed E-state index contributed by atoms with van der Waals surface area (Å²) in [5, 5.41) is 0. The number of piperazine rings is 1. The summed E-state index contributed by atoms with van der Waals surface area (Å²) < 4.78 is 5.10. The Bertz CT molecular complexity index is 484. The maximum absolute atomic E-state index is 12.3. The maximum atomic E-state index is 12.3. The highest BCUT2D eigenvalue weighted by Gasteiger charge is 2.25. The number of hydrogen-bond acceptors (Lipinski definition) is 4. The van der Waals surface area contributed by atoms with Crippen LogP contribution in [0.15, 0.2) is 30.3 Å². The minimum atomic E-state index is -0.866. The van der Waals surface area contributed by atoms with E-state index in [0.717, 1.165) is 18.7 Å². The molecule has 1 heterocycles. The molecule has 2 amide bonds. The summed E-state index contributed by atoms with van der Waals surface area (Å²) in [5.41, 5.74) is 5.89. The lowest BCUT2D eigenvalue weighted by Gasteiger charge is -2.33. The fourth-order valence-corrected chi connectivity index (χ4v) is 2.38. The van der Waals surface area contributed by atoms with Crippen molar-refractivity contribution < 1.29 is 14.3 Å². The molecule has 1 fully saturated rings. The van der Waals surface area contributed by atoms with Crippen molar-refractivity contribution in [3.8, 4) is 0 Å². The van der Waals surface area contributed by atoms with Crippen LogP contribution in [0, 0.1) is 0 Å². The number of nitrogens with two attached hydrogens (primary N) is 1. The lowest BCUT2D eigenvalue weighted by Crippen LogP contribution is -2.47. The summed E-state index contributed by atoms with van der Waals surface area (Å²) in [4.78, 5) is 27.4. The second kappa shape index (κ2) is 7.08.